The van der Waals surface area contributed by atoms with E-state index in [0.717, 1.165) is 0 Å². The number of hydrogen-bond acceptors (Lipinski definition) is 2. The standard InChI is InChI=1S/C12H18N2/c1-14(2)11-7-5-10(6-8-11)12-4-3-9-13-12/h5-8,12-13H,3-4,9H2,1-2H3/t12-/m0/s1. The molecule has 0 amide bonds. The van der Waals surface area contributed by atoms with Crippen LogP contribution in [-0.4, -0.2) is 20.6 Å². The topological polar surface area (TPSA) is 15.3 Å². The summed E-state index contributed by atoms with van der Waals surface area (Å²) in [5, 5.41) is 3.51. The van der Waals surface area contributed by atoms with Gasteiger partial charge in [-0.2, -0.15) is 0 Å². The minimum absolute atomic E-state index is 0.589. The van der Waals surface area contributed by atoms with E-state index in [0.29, 0.717) is 6.04 Å². The van der Waals surface area contributed by atoms with Gasteiger partial charge in [-0.3, -0.25) is 0 Å². The van der Waals surface area contributed by atoms with Crippen molar-refractivity contribution in [1.29, 1.82) is 0 Å². The largest absolute Gasteiger partial charge is 0.378 e. The normalized spacial score (nSPS) is 21.1. The van der Waals surface area contributed by atoms with E-state index < -0.39 is 0 Å². The molecule has 2 rings (SSSR count). The molecular formula is C12H18N2. The van der Waals surface area contributed by atoms with Crippen molar-refractivity contribution in [2.24, 2.45) is 0 Å². The highest BCUT2D eigenvalue weighted by molar-refractivity contribution is 5.46. The molecule has 1 fully saturated rings. The van der Waals surface area contributed by atoms with E-state index in [9.17, 15) is 0 Å². The molecule has 2 nitrogen and oxygen atoms in total. The summed E-state index contributed by atoms with van der Waals surface area (Å²) < 4.78 is 0. The average Bonchev–Trinajstić information content (AvgIpc) is 2.71. The predicted molar refractivity (Wildman–Crippen MR) is 60.7 cm³/mol. The fraction of sp³-hybridized carbons (Fsp3) is 0.500. The second-order valence-corrected chi connectivity index (χ2v) is 4.13. The summed E-state index contributed by atoms with van der Waals surface area (Å²) in [6.45, 7) is 1.17. The van der Waals surface area contributed by atoms with Gasteiger partial charge in [-0.25, -0.2) is 0 Å². The fourth-order valence-electron chi connectivity index (χ4n) is 1.97. The van der Waals surface area contributed by atoms with Crippen LogP contribution in [0.2, 0.25) is 0 Å². The first-order chi connectivity index (χ1) is 6.77. The van der Waals surface area contributed by atoms with Gasteiger partial charge < -0.3 is 10.2 Å². The highest BCUT2D eigenvalue weighted by atomic mass is 15.1. The van der Waals surface area contributed by atoms with E-state index in [4.69, 9.17) is 0 Å². The van der Waals surface area contributed by atoms with Gasteiger partial charge in [-0.15, -0.1) is 0 Å². The number of rotatable bonds is 2. The number of hydrogen-bond donors (Lipinski definition) is 1. The molecule has 2 heteroatoms. The molecule has 14 heavy (non-hydrogen) atoms. The summed E-state index contributed by atoms with van der Waals surface area (Å²) in [5.74, 6) is 0. The van der Waals surface area contributed by atoms with Gasteiger partial charge in [0.1, 0.15) is 0 Å². The first kappa shape index (κ1) is 9.53. The second-order valence-electron chi connectivity index (χ2n) is 4.13. The fourth-order valence-corrected chi connectivity index (χ4v) is 1.97. The smallest absolute Gasteiger partial charge is 0.0361 e. The lowest BCUT2D eigenvalue weighted by Gasteiger charge is -2.15. The van der Waals surface area contributed by atoms with E-state index >= 15 is 0 Å². The lowest BCUT2D eigenvalue weighted by atomic mass is 10.1. The van der Waals surface area contributed by atoms with Gasteiger partial charge in [-0.05, 0) is 37.1 Å². The predicted octanol–water partition coefficient (Wildman–Crippen LogP) is 2.18. The molecule has 1 aliphatic rings. The van der Waals surface area contributed by atoms with Gasteiger partial charge in [0.2, 0.25) is 0 Å². The minimum atomic E-state index is 0.589. The Morgan fingerprint density at radius 3 is 2.43 bits per heavy atom. The van der Waals surface area contributed by atoms with Crippen LogP contribution < -0.4 is 10.2 Å². The summed E-state index contributed by atoms with van der Waals surface area (Å²) in [6, 6.07) is 9.44. The molecule has 1 saturated heterocycles. The van der Waals surface area contributed by atoms with Crippen molar-refractivity contribution in [2.45, 2.75) is 18.9 Å². The Balaban J connectivity index is 2.12. The van der Waals surface area contributed by atoms with Crippen molar-refractivity contribution >= 4 is 5.69 Å². The van der Waals surface area contributed by atoms with Crippen LogP contribution in [0.25, 0.3) is 0 Å². The third-order valence-corrected chi connectivity index (χ3v) is 2.87. The van der Waals surface area contributed by atoms with Gasteiger partial charge >= 0.3 is 0 Å². The maximum atomic E-state index is 3.51. The van der Waals surface area contributed by atoms with Crippen LogP contribution >= 0.6 is 0 Å². The molecule has 76 valence electrons. The van der Waals surface area contributed by atoms with Gasteiger partial charge in [-0.1, -0.05) is 12.1 Å². The number of nitrogens with one attached hydrogen (secondary N) is 1. The van der Waals surface area contributed by atoms with Crippen LogP contribution in [0.1, 0.15) is 24.4 Å². The number of nitrogens with zero attached hydrogens (tertiary/aromatic N) is 1. The molecule has 1 aliphatic heterocycles. The van der Waals surface area contributed by atoms with Crippen molar-refractivity contribution in [3.63, 3.8) is 0 Å². The van der Waals surface area contributed by atoms with Crippen molar-refractivity contribution < 1.29 is 0 Å². The summed E-state index contributed by atoms with van der Waals surface area (Å²) in [5.41, 5.74) is 2.69. The van der Waals surface area contributed by atoms with Gasteiger partial charge in [0, 0.05) is 25.8 Å². The minimum Gasteiger partial charge on any atom is -0.378 e. The average molecular weight is 190 g/mol. The van der Waals surface area contributed by atoms with Crippen molar-refractivity contribution in [3.05, 3.63) is 29.8 Å². The zero-order valence-corrected chi connectivity index (χ0v) is 8.96. The molecule has 1 N–H and O–H groups in total. The maximum Gasteiger partial charge on any atom is 0.0361 e. The van der Waals surface area contributed by atoms with Crippen LogP contribution in [0.15, 0.2) is 24.3 Å². The Bertz CT molecular complexity index is 284. The third kappa shape index (κ3) is 1.90. The lowest BCUT2D eigenvalue weighted by molar-refractivity contribution is 0.648. The summed E-state index contributed by atoms with van der Waals surface area (Å²) in [4.78, 5) is 2.13. The SMILES string of the molecule is CN(C)c1ccc([C@@H]2CCCN2)cc1. The van der Waals surface area contributed by atoms with Crippen LogP contribution in [0.3, 0.4) is 0 Å². The van der Waals surface area contributed by atoms with Crippen molar-refractivity contribution in [2.75, 3.05) is 25.5 Å². The van der Waals surface area contributed by atoms with Crippen molar-refractivity contribution in [1.82, 2.24) is 5.32 Å². The van der Waals surface area contributed by atoms with E-state index in [2.05, 4.69) is 48.6 Å². The summed E-state index contributed by atoms with van der Waals surface area (Å²) in [6.07, 6.45) is 2.58. The summed E-state index contributed by atoms with van der Waals surface area (Å²) >= 11 is 0. The first-order valence-corrected chi connectivity index (χ1v) is 5.28. The Kier molecular flexibility index (Phi) is 2.73. The quantitative estimate of drug-likeness (QED) is 0.769. The highest BCUT2D eigenvalue weighted by Crippen LogP contribution is 2.24. The lowest BCUT2D eigenvalue weighted by Crippen LogP contribution is -2.13. The molecule has 1 heterocycles. The molecule has 0 spiro atoms. The van der Waals surface area contributed by atoms with Crippen LogP contribution in [-0.2, 0) is 0 Å². The molecule has 1 aromatic rings. The van der Waals surface area contributed by atoms with Gasteiger partial charge in [0.25, 0.3) is 0 Å². The zero-order valence-electron chi connectivity index (χ0n) is 8.96. The zero-order chi connectivity index (χ0) is 9.97. The molecule has 1 atom stereocenters. The summed E-state index contributed by atoms with van der Waals surface area (Å²) in [7, 11) is 4.14. The Morgan fingerprint density at radius 2 is 1.93 bits per heavy atom. The molecule has 0 saturated carbocycles. The van der Waals surface area contributed by atoms with Crippen LogP contribution in [0.5, 0.6) is 0 Å². The van der Waals surface area contributed by atoms with Crippen LogP contribution in [0, 0.1) is 0 Å². The van der Waals surface area contributed by atoms with E-state index in [1.807, 2.05) is 0 Å². The Morgan fingerprint density at radius 1 is 1.21 bits per heavy atom. The van der Waals surface area contributed by atoms with Crippen molar-refractivity contribution in [3.8, 4) is 0 Å². The second kappa shape index (κ2) is 4.01. The molecule has 0 unspecified atom stereocenters. The van der Waals surface area contributed by atoms with Crippen LogP contribution in [0.4, 0.5) is 5.69 Å². The number of anilines is 1. The Labute approximate surface area is 85.9 Å². The first-order valence-electron chi connectivity index (χ1n) is 5.28. The van der Waals surface area contributed by atoms with E-state index in [1.165, 1.54) is 30.6 Å². The van der Waals surface area contributed by atoms with E-state index in [-0.39, 0.29) is 0 Å². The third-order valence-electron chi connectivity index (χ3n) is 2.87. The molecular weight excluding hydrogens is 172 g/mol. The highest BCUT2D eigenvalue weighted by Gasteiger charge is 2.15. The van der Waals surface area contributed by atoms with Gasteiger partial charge in [0.05, 0.1) is 0 Å². The van der Waals surface area contributed by atoms with E-state index in [1.54, 1.807) is 0 Å². The molecule has 0 aromatic heterocycles. The Hall–Kier alpha value is -1.02. The maximum absolute atomic E-state index is 3.51. The molecule has 0 bridgehead atoms. The number of benzene rings is 1. The monoisotopic (exact) mass is 190 g/mol. The molecule has 0 aliphatic carbocycles. The molecule has 1 aromatic carbocycles. The van der Waals surface area contributed by atoms with Gasteiger partial charge in [0.15, 0.2) is 0 Å². The molecule has 0 radical (unpaired) electrons.